The summed E-state index contributed by atoms with van der Waals surface area (Å²) < 4.78 is 10.3. The van der Waals surface area contributed by atoms with E-state index in [0.29, 0.717) is 23.1 Å². The first-order valence-electron chi connectivity index (χ1n) is 8.08. The number of aliphatic hydroxyl groups excluding tert-OH is 1. The van der Waals surface area contributed by atoms with E-state index in [2.05, 4.69) is 10.6 Å². The van der Waals surface area contributed by atoms with Crippen molar-refractivity contribution >= 4 is 11.7 Å². The fourth-order valence-corrected chi connectivity index (χ4v) is 2.94. The predicted molar refractivity (Wildman–Crippen MR) is 89.1 cm³/mol. The third-order valence-corrected chi connectivity index (χ3v) is 4.28. The number of anilines is 1. The molecule has 2 rings (SSSR count). The quantitative estimate of drug-likeness (QED) is 0.752. The highest BCUT2D eigenvalue weighted by Gasteiger charge is 2.21. The summed E-state index contributed by atoms with van der Waals surface area (Å²) in [5.41, 5.74) is 0.575. The van der Waals surface area contributed by atoms with Crippen LogP contribution in [0, 0.1) is 5.92 Å². The van der Waals surface area contributed by atoms with Crippen molar-refractivity contribution in [2.75, 3.05) is 26.1 Å². The van der Waals surface area contributed by atoms with Gasteiger partial charge < -0.3 is 25.2 Å². The first kappa shape index (κ1) is 17.4. The molecule has 1 aromatic rings. The SMILES string of the molecule is COc1cc(NC(=O)NCC(O)C2CCCCC2)cc(OC)c1. The third-order valence-electron chi connectivity index (χ3n) is 4.28. The van der Waals surface area contributed by atoms with Gasteiger partial charge in [-0.1, -0.05) is 19.3 Å². The summed E-state index contributed by atoms with van der Waals surface area (Å²) in [6, 6.07) is 4.80. The van der Waals surface area contributed by atoms with Crippen LogP contribution in [-0.4, -0.2) is 38.0 Å². The van der Waals surface area contributed by atoms with Crippen LogP contribution in [0.5, 0.6) is 11.5 Å². The molecule has 1 aromatic carbocycles. The Balaban J connectivity index is 1.84. The van der Waals surface area contributed by atoms with Gasteiger partial charge in [-0.15, -0.1) is 0 Å². The first-order valence-corrected chi connectivity index (χ1v) is 8.08. The Morgan fingerprint density at radius 3 is 2.35 bits per heavy atom. The van der Waals surface area contributed by atoms with E-state index >= 15 is 0 Å². The fraction of sp³-hybridized carbons (Fsp3) is 0.588. The molecule has 1 aliphatic rings. The molecular weight excluding hydrogens is 296 g/mol. The Morgan fingerprint density at radius 1 is 1.17 bits per heavy atom. The van der Waals surface area contributed by atoms with Crippen molar-refractivity contribution in [3.8, 4) is 11.5 Å². The minimum absolute atomic E-state index is 0.262. The number of urea groups is 1. The summed E-state index contributed by atoms with van der Waals surface area (Å²) in [6.07, 6.45) is 5.17. The molecule has 0 aliphatic heterocycles. The Labute approximate surface area is 137 Å². The maximum atomic E-state index is 12.0. The van der Waals surface area contributed by atoms with E-state index in [1.54, 1.807) is 32.4 Å². The molecule has 6 nitrogen and oxygen atoms in total. The van der Waals surface area contributed by atoms with E-state index in [9.17, 15) is 9.90 Å². The molecule has 1 saturated carbocycles. The Kier molecular flexibility index (Phi) is 6.52. The number of hydrogen-bond donors (Lipinski definition) is 3. The van der Waals surface area contributed by atoms with Crippen molar-refractivity contribution in [3.05, 3.63) is 18.2 Å². The lowest BCUT2D eigenvalue weighted by molar-refractivity contribution is 0.0863. The highest BCUT2D eigenvalue weighted by molar-refractivity contribution is 5.89. The van der Waals surface area contributed by atoms with E-state index < -0.39 is 6.10 Å². The van der Waals surface area contributed by atoms with Gasteiger partial charge in [0.25, 0.3) is 0 Å². The van der Waals surface area contributed by atoms with Crippen molar-refractivity contribution in [3.63, 3.8) is 0 Å². The van der Waals surface area contributed by atoms with Gasteiger partial charge in [0.15, 0.2) is 0 Å². The summed E-state index contributed by atoms with van der Waals surface area (Å²) in [5, 5.41) is 15.6. The van der Waals surface area contributed by atoms with Crippen molar-refractivity contribution in [1.82, 2.24) is 5.32 Å². The average molecular weight is 322 g/mol. The number of nitrogens with one attached hydrogen (secondary N) is 2. The number of aliphatic hydroxyl groups is 1. The van der Waals surface area contributed by atoms with Gasteiger partial charge in [0.05, 0.1) is 20.3 Å². The smallest absolute Gasteiger partial charge is 0.319 e. The molecule has 6 heteroatoms. The van der Waals surface area contributed by atoms with Crippen molar-refractivity contribution < 1.29 is 19.4 Å². The number of carbonyl (C=O) groups is 1. The van der Waals surface area contributed by atoms with E-state index in [4.69, 9.17) is 9.47 Å². The summed E-state index contributed by atoms with van der Waals surface area (Å²) >= 11 is 0. The zero-order valence-corrected chi connectivity index (χ0v) is 13.8. The zero-order chi connectivity index (χ0) is 16.7. The molecule has 23 heavy (non-hydrogen) atoms. The average Bonchev–Trinajstić information content (AvgIpc) is 2.60. The molecule has 0 heterocycles. The number of hydrogen-bond acceptors (Lipinski definition) is 4. The summed E-state index contributed by atoms with van der Waals surface area (Å²) in [5.74, 6) is 1.49. The van der Waals surface area contributed by atoms with Gasteiger partial charge in [0.2, 0.25) is 0 Å². The number of benzene rings is 1. The van der Waals surface area contributed by atoms with Gasteiger partial charge in [-0.3, -0.25) is 0 Å². The number of rotatable bonds is 6. The van der Waals surface area contributed by atoms with Crippen LogP contribution in [0.15, 0.2) is 18.2 Å². The molecule has 2 amide bonds. The van der Waals surface area contributed by atoms with Gasteiger partial charge in [-0.2, -0.15) is 0 Å². The van der Waals surface area contributed by atoms with Gasteiger partial charge >= 0.3 is 6.03 Å². The number of carbonyl (C=O) groups excluding carboxylic acids is 1. The molecule has 1 unspecified atom stereocenters. The second-order valence-corrected chi connectivity index (χ2v) is 5.90. The lowest BCUT2D eigenvalue weighted by Crippen LogP contribution is -2.39. The van der Waals surface area contributed by atoms with Crippen LogP contribution in [0.25, 0.3) is 0 Å². The molecule has 1 fully saturated rings. The topological polar surface area (TPSA) is 79.8 Å². The van der Waals surface area contributed by atoms with Crippen LogP contribution in [0.3, 0.4) is 0 Å². The lowest BCUT2D eigenvalue weighted by Gasteiger charge is -2.26. The van der Waals surface area contributed by atoms with Crippen LogP contribution >= 0.6 is 0 Å². The highest BCUT2D eigenvalue weighted by Crippen LogP contribution is 2.27. The Morgan fingerprint density at radius 2 is 1.78 bits per heavy atom. The van der Waals surface area contributed by atoms with Gasteiger partial charge in [0.1, 0.15) is 11.5 Å². The van der Waals surface area contributed by atoms with Gasteiger partial charge in [-0.25, -0.2) is 4.79 Å². The molecule has 1 atom stereocenters. The number of methoxy groups -OCH3 is 2. The molecule has 0 spiro atoms. The molecule has 0 bridgehead atoms. The van der Waals surface area contributed by atoms with E-state index in [1.165, 1.54) is 6.42 Å². The molecule has 0 saturated heterocycles. The standard InChI is InChI=1S/C17H26N2O4/c1-22-14-8-13(9-15(10-14)23-2)19-17(21)18-11-16(20)12-6-4-3-5-7-12/h8-10,12,16,20H,3-7,11H2,1-2H3,(H2,18,19,21). The number of ether oxygens (including phenoxy) is 2. The molecule has 128 valence electrons. The minimum atomic E-state index is -0.485. The molecule has 0 radical (unpaired) electrons. The van der Waals surface area contributed by atoms with Crippen LogP contribution in [0.1, 0.15) is 32.1 Å². The summed E-state index contributed by atoms with van der Waals surface area (Å²) in [4.78, 5) is 12.0. The maximum absolute atomic E-state index is 12.0. The first-order chi connectivity index (χ1) is 11.1. The predicted octanol–water partition coefficient (Wildman–Crippen LogP) is 2.77. The minimum Gasteiger partial charge on any atom is -0.497 e. The normalized spacial score (nSPS) is 16.5. The zero-order valence-electron chi connectivity index (χ0n) is 13.8. The van der Waals surface area contributed by atoms with E-state index in [1.807, 2.05) is 0 Å². The van der Waals surface area contributed by atoms with Gasteiger partial charge in [-0.05, 0) is 18.8 Å². The Hall–Kier alpha value is -1.95. The Bertz CT molecular complexity index is 493. The van der Waals surface area contributed by atoms with Crippen LogP contribution < -0.4 is 20.1 Å². The second kappa shape index (κ2) is 8.62. The fourth-order valence-electron chi connectivity index (χ4n) is 2.94. The van der Waals surface area contributed by atoms with Crippen LogP contribution in [0.2, 0.25) is 0 Å². The molecular formula is C17H26N2O4. The maximum Gasteiger partial charge on any atom is 0.319 e. The lowest BCUT2D eigenvalue weighted by atomic mass is 9.85. The van der Waals surface area contributed by atoms with Crippen molar-refractivity contribution in [2.24, 2.45) is 5.92 Å². The van der Waals surface area contributed by atoms with E-state index in [-0.39, 0.29) is 12.6 Å². The largest absolute Gasteiger partial charge is 0.497 e. The van der Waals surface area contributed by atoms with E-state index in [0.717, 1.165) is 25.7 Å². The summed E-state index contributed by atoms with van der Waals surface area (Å²) in [7, 11) is 3.11. The molecule has 1 aliphatic carbocycles. The van der Waals surface area contributed by atoms with Gasteiger partial charge in [0, 0.05) is 30.4 Å². The highest BCUT2D eigenvalue weighted by atomic mass is 16.5. The monoisotopic (exact) mass is 322 g/mol. The van der Waals surface area contributed by atoms with Crippen LogP contribution in [0.4, 0.5) is 10.5 Å². The van der Waals surface area contributed by atoms with Crippen LogP contribution in [-0.2, 0) is 0 Å². The van der Waals surface area contributed by atoms with Crippen molar-refractivity contribution in [2.45, 2.75) is 38.2 Å². The molecule has 0 aromatic heterocycles. The molecule has 3 N–H and O–H groups in total. The third kappa shape index (κ3) is 5.32. The second-order valence-electron chi connectivity index (χ2n) is 5.90. The van der Waals surface area contributed by atoms with Crippen molar-refractivity contribution in [1.29, 1.82) is 0 Å². The summed E-state index contributed by atoms with van der Waals surface area (Å²) in [6.45, 7) is 0.262. The number of amides is 2.